The first kappa shape index (κ1) is 13.5. The highest BCUT2D eigenvalue weighted by Gasteiger charge is 2.25. The molecule has 2 heterocycles. The van der Waals surface area contributed by atoms with Gasteiger partial charge < -0.3 is 4.74 Å². The molecule has 0 bridgehead atoms. The van der Waals surface area contributed by atoms with Crippen molar-refractivity contribution in [1.29, 1.82) is 0 Å². The van der Waals surface area contributed by atoms with Gasteiger partial charge in [0.1, 0.15) is 4.90 Å². The van der Waals surface area contributed by atoms with Crippen LogP contribution in [0.25, 0.3) is 0 Å². The molecule has 0 aromatic carbocycles. The molecule has 1 fully saturated rings. The largest absolute Gasteiger partial charge is 0.381 e. The highest BCUT2D eigenvalue weighted by atomic mass is 32.2. The van der Waals surface area contributed by atoms with Gasteiger partial charge in [-0.15, -0.1) is 0 Å². The van der Waals surface area contributed by atoms with E-state index in [0.29, 0.717) is 13.2 Å². The van der Waals surface area contributed by atoms with Gasteiger partial charge in [0.2, 0.25) is 10.0 Å². The van der Waals surface area contributed by atoms with Crippen LogP contribution in [0.2, 0.25) is 0 Å². The van der Waals surface area contributed by atoms with Crippen LogP contribution in [0, 0.1) is 5.92 Å². The van der Waals surface area contributed by atoms with Crippen LogP contribution in [0.15, 0.2) is 29.4 Å². The maximum Gasteiger partial charge on any atom is 0.244 e. The van der Waals surface area contributed by atoms with Gasteiger partial charge in [-0.1, -0.05) is 0 Å². The second kappa shape index (κ2) is 5.77. The lowest BCUT2D eigenvalue weighted by molar-refractivity contribution is 0.0495. The van der Waals surface area contributed by atoms with Crippen LogP contribution in [-0.4, -0.2) is 44.5 Å². The Labute approximate surface area is 108 Å². The number of hydrogen-bond donors (Lipinski definition) is 0. The van der Waals surface area contributed by atoms with Crippen LogP contribution in [0.3, 0.4) is 0 Å². The molecular weight excluding hydrogens is 252 g/mol. The normalized spacial score (nSPS) is 21.1. The lowest BCUT2D eigenvalue weighted by Crippen LogP contribution is -2.35. The number of sulfonamides is 1. The molecule has 1 aliphatic heterocycles. The van der Waals surface area contributed by atoms with Gasteiger partial charge in [-0.25, -0.2) is 12.7 Å². The summed E-state index contributed by atoms with van der Waals surface area (Å²) in [5.74, 6) is 0.287. The Balaban J connectivity index is 2.05. The van der Waals surface area contributed by atoms with E-state index in [4.69, 9.17) is 4.74 Å². The molecule has 6 heteroatoms. The first-order chi connectivity index (χ1) is 8.60. The average Bonchev–Trinajstić information content (AvgIpc) is 2.41. The molecule has 1 atom stereocenters. The summed E-state index contributed by atoms with van der Waals surface area (Å²) in [5.41, 5.74) is 0. The molecule has 1 aliphatic rings. The van der Waals surface area contributed by atoms with Crippen molar-refractivity contribution in [1.82, 2.24) is 9.29 Å². The van der Waals surface area contributed by atoms with Crippen molar-refractivity contribution in [3.05, 3.63) is 24.5 Å². The number of ether oxygens (including phenoxy) is 1. The molecule has 1 aromatic rings. The zero-order chi connectivity index (χ0) is 13.0. The fourth-order valence-electron chi connectivity index (χ4n) is 2.09. The van der Waals surface area contributed by atoms with E-state index >= 15 is 0 Å². The standard InChI is InChI=1S/C12H18N2O3S/c1-14(9-11-4-3-7-17-10-11)18(15,16)12-5-2-6-13-8-12/h2,5-6,8,11H,3-4,7,9-10H2,1H3. The van der Waals surface area contributed by atoms with Gasteiger partial charge in [-0.05, 0) is 30.9 Å². The van der Waals surface area contributed by atoms with Crippen molar-refractivity contribution >= 4 is 10.0 Å². The Bertz CT molecular complexity index is 469. The molecule has 0 N–H and O–H groups in total. The summed E-state index contributed by atoms with van der Waals surface area (Å²) in [6.45, 7) is 1.93. The van der Waals surface area contributed by atoms with E-state index in [2.05, 4.69) is 4.98 Å². The van der Waals surface area contributed by atoms with Gasteiger partial charge in [0, 0.05) is 32.6 Å². The fraction of sp³-hybridized carbons (Fsp3) is 0.583. The zero-order valence-electron chi connectivity index (χ0n) is 10.4. The van der Waals surface area contributed by atoms with Gasteiger partial charge in [0.15, 0.2) is 0 Å². The van der Waals surface area contributed by atoms with Crippen molar-refractivity contribution in [3.63, 3.8) is 0 Å². The first-order valence-electron chi connectivity index (χ1n) is 6.05. The molecule has 18 heavy (non-hydrogen) atoms. The Morgan fingerprint density at radius 2 is 2.39 bits per heavy atom. The number of rotatable bonds is 4. The third kappa shape index (κ3) is 3.07. The summed E-state index contributed by atoms with van der Waals surface area (Å²) in [6, 6.07) is 3.20. The predicted molar refractivity (Wildman–Crippen MR) is 67.6 cm³/mol. The molecule has 0 amide bonds. The predicted octanol–water partition coefficient (Wildman–Crippen LogP) is 1.13. The maximum absolute atomic E-state index is 12.3. The van der Waals surface area contributed by atoms with E-state index in [1.807, 2.05) is 0 Å². The fourth-order valence-corrected chi connectivity index (χ4v) is 3.30. The molecule has 1 aromatic heterocycles. The average molecular weight is 270 g/mol. The Morgan fingerprint density at radius 3 is 3.00 bits per heavy atom. The van der Waals surface area contributed by atoms with Gasteiger partial charge in [0.05, 0.1) is 6.61 Å². The molecule has 0 radical (unpaired) electrons. The van der Waals surface area contributed by atoms with Crippen LogP contribution >= 0.6 is 0 Å². The minimum absolute atomic E-state index is 0.240. The maximum atomic E-state index is 12.3. The topological polar surface area (TPSA) is 59.5 Å². The summed E-state index contributed by atoms with van der Waals surface area (Å²) in [4.78, 5) is 4.09. The third-order valence-corrected chi connectivity index (χ3v) is 4.92. The monoisotopic (exact) mass is 270 g/mol. The van der Waals surface area contributed by atoms with E-state index in [9.17, 15) is 8.42 Å². The van der Waals surface area contributed by atoms with E-state index in [1.54, 1.807) is 25.4 Å². The summed E-state index contributed by atoms with van der Waals surface area (Å²) in [7, 11) is -1.82. The van der Waals surface area contributed by atoms with Crippen molar-refractivity contribution in [2.45, 2.75) is 17.7 Å². The zero-order valence-corrected chi connectivity index (χ0v) is 11.3. The second-order valence-electron chi connectivity index (χ2n) is 4.56. The van der Waals surface area contributed by atoms with Gasteiger partial charge >= 0.3 is 0 Å². The number of nitrogens with zero attached hydrogens (tertiary/aromatic N) is 2. The summed E-state index contributed by atoms with van der Waals surface area (Å²) in [5, 5.41) is 0. The molecule has 1 unspecified atom stereocenters. The van der Waals surface area contributed by atoms with Crippen molar-refractivity contribution in [3.8, 4) is 0 Å². The van der Waals surface area contributed by atoms with Gasteiger partial charge in [-0.3, -0.25) is 4.98 Å². The highest BCUT2D eigenvalue weighted by molar-refractivity contribution is 7.89. The van der Waals surface area contributed by atoms with Crippen LogP contribution < -0.4 is 0 Å². The van der Waals surface area contributed by atoms with Crippen molar-refractivity contribution < 1.29 is 13.2 Å². The summed E-state index contributed by atoms with van der Waals surface area (Å²) >= 11 is 0. The molecule has 1 saturated heterocycles. The minimum atomic E-state index is -3.42. The van der Waals surface area contributed by atoms with Crippen LogP contribution in [0.1, 0.15) is 12.8 Å². The number of aromatic nitrogens is 1. The lowest BCUT2D eigenvalue weighted by Gasteiger charge is -2.26. The number of hydrogen-bond acceptors (Lipinski definition) is 4. The Kier molecular flexibility index (Phi) is 4.31. The molecule has 2 rings (SSSR count). The van der Waals surface area contributed by atoms with E-state index in [1.165, 1.54) is 10.5 Å². The van der Waals surface area contributed by atoms with Crippen LogP contribution in [0.5, 0.6) is 0 Å². The second-order valence-corrected chi connectivity index (χ2v) is 6.60. The highest BCUT2D eigenvalue weighted by Crippen LogP contribution is 2.18. The van der Waals surface area contributed by atoms with E-state index in [0.717, 1.165) is 19.4 Å². The lowest BCUT2D eigenvalue weighted by atomic mass is 10.0. The molecule has 0 saturated carbocycles. The third-order valence-electron chi connectivity index (χ3n) is 3.11. The minimum Gasteiger partial charge on any atom is -0.381 e. The van der Waals surface area contributed by atoms with E-state index < -0.39 is 10.0 Å². The Morgan fingerprint density at radius 1 is 1.56 bits per heavy atom. The Hall–Kier alpha value is -0.980. The first-order valence-corrected chi connectivity index (χ1v) is 7.49. The molecule has 5 nitrogen and oxygen atoms in total. The van der Waals surface area contributed by atoms with Crippen LogP contribution in [0.4, 0.5) is 0 Å². The SMILES string of the molecule is CN(CC1CCCOC1)S(=O)(=O)c1cccnc1. The van der Waals surface area contributed by atoms with E-state index in [-0.39, 0.29) is 10.8 Å². The molecule has 100 valence electrons. The number of pyridine rings is 1. The molecule has 0 aliphatic carbocycles. The van der Waals surface area contributed by atoms with Gasteiger partial charge in [-0.2, -0.15) is 0 Å². The van der Waals surface area contributed by atoms with Gasteiger partial charge in [0.25, 0.3) is 0 Å². The quantitative estimate of drug-likeness (QED) is 0.823. The summed E-state index contributed by atoms with van der Waals surface area (Å²) < 4.78 is 31.3. The molecule has 0 spiro atoms. The van der Waals surface area contributed by atoms with Crippen molar-refractivity contribution in [2.24, 2.45) is 5.92 Å². The molecular formula is C12H18N2O3S. The smallest absolute Gasteiger partial charge is 0.244 e. The van der Waals surface area contributed by atoms with Crippen molar-refractivity contribution in [2.75, 3.05) is 26.8 Å². The summed E-state index contributed by atoms with van der Waals surface area (Å²) in [6.07, 6.45) is 4.97. The van der Waals surface area contributed by atoms with Crippen LogP contribution in [-0.2, 0) is 14.8 Å².